The third-order valence-corrected chi connectivity index (χ3v) is 5.56. The van der Waals surface area contributed by atoms with Crippen molar-refractivity contribution >= 4 is 44.9 Å². The molecular weight excluding hydrogens is 430 g/mol. The SMILES string of the molecule is O=C(CN(Cc1cccs1)C[C@H]1CCCO1)NC(=O)Nc1ccc(Br)cc1. The van der Waals surface area contributed by atoms with E-state index in [-0.39, 0.29) is 18.6 Å². The van der Waals surface area contributed by atoms with Gasteiger partial charge in [-0.1, -0.05) is 22.0 Å². The molecule has 0 radical (unpaired) electrons. The van der Waals surface area contributed by atoms with Crippen molar-refractivity contribution in [3.8, 4) is 0 Å². The van der Waals surface area contributed by atoms with Gasteiger partial charge in [0.25, 0.3) is 0 Å². The van der Waals surface area contributed by atoms with Gasteiger partial charge in [-0.3, -0.25) is 15.0 Å². The third-order valence-electron chi connectivity index (χ3n) is 4.17. The molecule has 2 N–H and O–H groups in total. The molecule has 1 aromatic heterocycles. The van der Waals surface area contributed by atoms with Gasteiger partial charge in [0.05, 0.1) is 12.6 Å². The summed E-state index contributed by atoms with van der Waals surface area (Å²) in [6, 6.07) is 10.7. The number of amides is 3. The van der Waals surface area contributed by atoms with Crippen LogP contribution in [0.4, 0.5) is 10.5 Å². The van der Waals surface area contributed by atoms with Gasteiger partial charge < -0.3 is 10.1 Å². The predicted molar refractivity (Wildman–Crippen MR) is 110 cm³/mol. The maximum Gasteiger partial charge on any atom is 0.325 e. The molecule has 1 aliphatic rings. The number of rotatable bonds is 7. The molecule has 0 spiro atoms. The zero-order chi connectivity index (χ0) is 19.1. The molecule has 1 aliphatic heterocycles. The Bertz CT molecular complexity index is 746. The number of thiophene rings is 1. The molecule has 2 aromatic rings. The van der Waals surface area contributed by atoms with E-state index in [0.717, 1.165) is 23.9 Å². The van der Waals surface area contributed by atoms with Crippen LogP contribution >= 0.6 is 27.3 Å². The molecule has 0 bridgehead atoms. The lowest BCUT2D eigenvalue weighted by Gasteiger charge is -2.24. The predicted octanol–water partition coefficient (Wildman–Crippen LogP) is 3.84. The van der Waals surface area contributed by atoms with E-state index in [9.17, 15) is 9.59 Å². The highest BCUT2D eigenvalue weighted by atomic mass is 79.9. The van der Waals surface area contributed by atoms with E-state index in [4.69, 9.17) is 4.74 Å². The number of benzene rings is 1. The minimum atomic E-state index is -0.532. The number of hydrogen-bond donors (Lipinski definition) is 2. The number of urea groups is 1. The van der Waals surface area contributed by atoms with Gasteiger partial charge in [-0.05, 0) is 48.6 Å². The van der Waals surface area contributed by atoms with Gasteiger partial charge in [0, 0.05) is 34.7 Å². The highest BCUT2D eigenvalue weighted by molar-refractivity contribution is 9.10. The number of nitrogens with zero attached hydrogens (tertiary/aromatic N) is 1. The van der Waals surface area contributed by atoms with Crippen molar-refractivity contribution in [2.45, 2.75) is 25.5 Å². The zero-order valence-electron chi connectivity index (χ0n) is 14.8. The molecule has 6 nitrogen and oxygen atoms in total. The van der Waals surface area contributed by atoms with Crippen molar-refractivity contribution in [1.82, 2.24) is 10.2 Å². The van der Waals surface area contributed by atoms with Crippen LogP contribution in [-0.4, -0.2) is 42.6 Å². The molecule has 1 atom stereocenters. The Balaban J connectivity index is 1.52. The molecule has 0 saturated carbocycles. The number of carbonyl (C=O) groups excluding carboxylic acids is 2. The average molecular weight is 452 g/mol. The van der Waals surface area contributed by atoms with Gasteiger partial charge in [-0.25, -0.2) is 4.79 Å². The van der Waals surface area contributed by atoms with Crippen LogP contribution in [0.2, 0.25) is 0 Å². The van der Waals surface area contributed by atoms with E-state index in [1.54, 1.807) is 23.5 Å². The number of hydrogen-bond acceptors (Lipinski definition) is 5. The van der Waals surface area contributed by atoms with E-state index >= 15 is 0 Å². The van der Waals surface area contributed by atoms with Gasteiger partial charge in [-0.15, -0.1) is 11.3 Å². The molecule has 3 rings (SSSR count). The van der Waals surface area contributed by atoms with Crippen LogP contribution in [0.5, 0.6) is 0 Å². The first-order valence-corrected chi connectivity index (χ1v) is 10.5. The van der Waals surface area contributed by atoms with Crippen LogP contribution in [-0.2, 0) is 16.1 Å². The molecule has 0 unspecified atom stereocenters. The topological polar surface area (TPSA) is 70.7 Å². The third kappa shape index (κ3) is 6.73. The van der Waals surface area contributed by atoms with Gasteiger partial charge >= 0.3 is 6.03 Å². The number of nitrogens with one attached hydrogen (secondary N) is 2. The monoisotopic (exact) mass is 451 g/mol. The quantitative estimate of drug-likeness (QED) is 0.670. The Kier molecular flexibility index (Phi) is 7.40. The fraction of sp³-hybridized carbons (Fsp3) is 0.368. The van der Waals surface area contributed by atoms with Crippen LogP contribution in [0.1, 0.15) is 17.7 Å². The second-order valence-corrected chi connectivity index (χ2v) is 8.34. The molecule has 0 aliphatic carbocycles. The molecule has 2 heterocycles. The molecule has 144 valence electrons. The summed E-state index contributed by atoms with van der Waals surface area (Å²) in [5.74, 6) is -0.334. The Morgan fingerprint density at radius 1 is 1.26 bits per heavy atom. The van der Waals surface area contributed by atoms with Crippen LogP contribution < -0.4 is 10.6 Å². The van der Waals surface area contributed by atoms with Crippen molar-refractivity contribution < 1.29 is 14.3 Å². The summed E-state index contributed by atoms with van der Waals surface area (Å²) in [7, 11) is 0. The molecule has 8 heteroatoms. The van der Waals surface area contributed by atoms with Crippen LogP contribution in [0.15, 0.2) is 46.3 Å². The second kappa shape index (κ2) is 9.98. The lowest BCUT2D eigenvalue weighted by molar-refractivity contribution is -0.121. The van der Waals surface area contributed by atoms with E-state index in [0.29, 0.717) is 18.8 Å². The summed E-state index contributed by atoms with van der Waals surface area (Å²) in [5.41, 5.74) is 0.623. The number of halogens is 1. The highest BCUT2D eigenvalue weighted by Crippen LogP contribution is 2.17. The van der Waals surface area contributed by atoms with Crippen molar-refractivity contribution in [3.63, 3.8) is 0 Å². The van der Waals surface area contributed by atoms with Gasteiger partial charge in [-0.2, -0.15) is 0 Å². The number of ether oxygens (including phenoxy) is 1. The summed E-state index contributed by atoms with van der Waals surface area (Å²) in [4.78, 5) is 27.6. The highest BCUT2D eigenvalue weighted by Gasteiger charge is 2.22. The van der Waals surface area contributed by atoms with Gasteiger partial charge in [0.1, 0.15) is 0 Å². The van der Waals surface area contributed by atoms with Gasteiger partial charge in [0.15, 0.2) is 0 Å². The molecule has 27 heavy (non-hydrogen) atoms. The standard InChI is InChI=1S/C19H22BrN3O3S/c20-14-5-7-15(8-6-14)21-19(25)22-18(24)13-23(11-16-3-1-9-26-16)12-17-4-2-10-27-17/h2,4-8,10,16H,1,3,9,11-13H2,(H2,21,22,24,25)/t16-/m1/s1. The zero-order valence-corrected chi connectivity index (χ0v) is 17.2. The first kappa shape index (κ1) is 20.0. The first-order chi connectivity index (χ1) is 13.1. The Labute approximate surface area is 171 Å². The van der Waals surface area contributed by atoms with Crippen molar-refractivity contribution in [1.29, 1.82) is 0 Å². The molecule has 1 fully saturated rings. The Hall–Kier alpha value is -1.74. The van der Waals surface area contributed by atoms with E-state index in [1.807, 2.05) is 34.5 Å². The Morgan fingerprint density at radius 2 is 2.07 bits per heavy atom. The maximum absolute atomic E-state index is 12.4. The smallest absolute Gasteiger partial charge is 0.325 e. The first-order valence-electron chi connectivity index (χ1n) is 8.81. The second-order valence-electron chi connectivity index (χ2n) is 6.39. The largest absolute Gasteiger partial charge is 0.377 e. The minimum Gasteiger partial charge on any atom is -0.377 e. The lowest BCUT2D eigenvalue weighted by atomic mass is 10.2. The molecule has 1 saturated heterocycles. The lowest BCUT2D eigenvalue weighted by Crippen LogP contribution is -2.43. The van der Waals surface area contributed by atoms with Crippen molar-refractivity contribution in [2.24, 2.45) is 0 Å². The maximum atomic E-state index is 12.4. The van der Waals surface area contributed by atoms with Crippen molar-refractivity contribution in [3.05, 3.63) is 51.1 Å². The van der Waals surface area contributed by atoms with Crippen LogP contribution in [0.25, 0.3) is 0 Å². The fourth-order valence-corrected chi connectivity index (χ4v) is 3.96. The van der Waals surface area contributed by atoms with Crippen LogP contribution in [0, 0.1) is 0 Å². The summed E-state index contributed by atoms with van der Waals surface area (Å²) in [5, 5.41) is 7.08. The number of anilines is 1. The van der Waals surface area contributed by atoms with E-state index < -0.39 is 6.03 Å². The fourth-order valence-electron chi connectivity index (χ4n) is 2.95. The summed E-state index contributed by atoms with van der Waals surface area (Å²) in [6.07, 6.45) is 2.21. The molecule has 1 aromatic carbocycles. The minimum absolute atomic E-state index is 0.144. The molecular formula is C19H22BrN3O3S. The number of carbonyl (C=O) groups is 2. The number of imide groups is 1. The Morgan fingerprint density at radius 3 is 2.74 bits per heavy atom. The summed E-state index contributed by atoms with van der Waals surface area (Å²) >= 11 is 5.00. The van der Waals surface area contributed by atoms with E-state index in [1.165, 1.54) is 4.88 Å². The summed E-state index contributed by atoms with van der Waals surface area (Å²) < 4.78 is 6.62. The molecule has 3 amide bonds. The normalized spacial score (nSPS) is 16.4. The van der Waals surface area contributed by atoms with Crippen LogP contribution in [0.3, 0.4) is 0 Å². The van der Waals surface area contributed by atoms with E-state index in [2.05, 4.69) is 26.6 Å². The summed E-state index contributed by atoms with van der Waals surface area (Å²) in [6.45, 7) is 2.27. The van der Waals surface area contributed by atoms with Crippen molar-refractivity contribution in [2.75, 3.05) is 25.0 Å². The average Bonchev–Trinajstić information content (AvgIpc) is 3.31. The van der Waals surface area contributed by atoms with Gasteiger partial charge in [0.2, 0.25) is 5.91 Å².